The second-order valence-electron chi connectivity index (χ2n) is 7.13. The molecule has 0 spiro atoms. The second-order valence-corrected chi connectivity index (χ2v) is 7.13. The van der Waals surface area contributed by atoms with Gasteiger partial charge in [0.15, 0.2) is 0 Å². The summed E-state index contributed by atoms with van der Waals surface area (Å²) >= 11 is 0. The minimum atomic E-state index is 0.420. The molecule has 108 valence electrons. The fourth-order valence-corrected chi connectivity index (χ4v) is 2.91. The van der Waals surface area contributed by atoms with E-state index in [4.69, 9.17) is 0 Å². The van der Waals surface area contributed by atoms with Gasteiger partial charge in [-0.3, -0.25) is 0 Å². The Morgan fingerprint density at radius 2 is 1.68 bits per heavy atom. The molecule has 0 aromatic heterocycles. The van der Waals surface area contributed by atoms with Crippen LogP contribution in [0.3, 0.4) is 0 Å². The van der Waals surface area contributed by atoms with Crippen molar-refractivity contribution >= 4 is 0 Å². The second kappa shape index (κ2) is 7.09. The van der Waals surface area contributed by atoms with Gasteiger partial charge in [0.05, 0.1) is 0 Å². The molecule has 1 N–H and O–H groups in total. The van der Waals surface area contributed by atoms with Crippen LogP contribution in [0.25, 0.3) is 0 Å². The SMILES string of the molecule is CCNC(CC(C)CC(C)(C)C)c1ccc(C)cc1. The van der Waals surface area contributed by atoms with Gasteiger partial charge in [-0.25, -0.2) is 0 Å². The summed E-state index contributed by atoms with van der Waals surface area (Å²) in [6.45, 7) is 14.7. The van der Waals surface area contributed by atoms with Crippen LogP contribution >= 0.6 is 0 Å². The Morgan fingerprint density at radius 1 is 1.11 bits per heavy atom. The van der Waals surface area contributed by atoms with E-state index in [1.165, 1.54) is 24.0 Å². The van der Waals surface area contributed by atoms with Crippen LogP contribution in [0.4, 0.5) is 0 Å². The molecule has 1 heteroatoms. The van der Waals surface area contributed by atoms with Crippen LogP contribution in [0.5, 0.6) is 0 Å². The normalized spacial score (nSPS) is 15.3. The maximum absolute atomic E-state index is 3.64. The first-order valence-electron chi connectivity index (χ1n) is 7.62. The van der Waals surface area contributed by atoms with Gasteiger partial charge in [-0.2, -0.15) is 0 Å². The van der Waals surface area contributed by atoms with Crippen molar-refractivity contribution in [3.63, 3.8) is 0 Å². The average Bonchev–Trinajstić information content (AvgIpc) is 2.27. The van der Waals surface area contributed by atoms with E-state index in [1.807, 2.05) is 0 Å². The van der Waals surface area contributed by atoms with E-state index >= 15 is 0 Å². The molecule has 0 aliphatic heterocycles. The van der Waals surface area contributed by atoms with Crippen molar-refractivity contribution in [3.8, 4) is 0 Å². The lowest BCUT2D eigenvalue weighted by Crippen LogP contribution is -2.24. The van der Waals surface area contributed by atoms with Crippen LogP contribution in [0.1, 0.15) is 64.6 Å². The van der Waals surface area contributed by atoms with Gasteiger partial charge in [-0.1, -0.05) is 64.4 Å². The van der Waals surface area contributed by atoms with Gasteiger partial charge in [-0.15, -0.1) is 0 Å². The van der Waals surface area contributed by atoms with Crippen LogP contribution in [0.2, 0.25) is 0 Å². The summed E-state index contributed by atoms with van der Waals surface area (Å²) in [4.78, 5) is 0. The molecule has 1 rings (SSSR count). The molecule has 0 saturated carbocycles. The van der Waals surface area contributed by atoms with Gasteiger partial charge >= 0.3 is 0 Å². The highest BCUT2D eigenvalue weighted by molar-refractivity contribution is 5.24. The first kappa shape index (κ1) is 16.2. The Hall–Kier alpha value is -0.820. The van der Waals surface area contributed by atoms with Crippen molar-refractivity contribution in [1.82, 2.24) is 5.32 Å². The maximum Gasteiger partial charge on any atom is 0.0322 e. The number of hydrogen-bond donors (Lipinski definition) is 1. The summed E-state index contributed by atoms with van der Waals surface area (Å²) in [6, 6.07) is 9.46. The lowest BCUT2D eigenvalue weighted by Gasteiger charge is -2.27. The van der Waals surface area contributed by atoms with Crippen molar-refractivity contribution in [1.29, 1.82) is 0 Å². The van der Waals surface area contributed by atoms with Crippen molar-refractivity contribution in [2.75, 3.05) is 6.54 Å². The molecular formula is C18H31N. The van der Waals surface area contributed by atoms with E-state index in [2.05, 4.69) is 71.1 Å². The zero-order valence-corrected chi connectivity index (χ0v) is 13.6. The topological polar surface area (TPSA) is 12.0 Å². The van der Waals surface area contributed by atoms with E-state index in [9.17, 15) is 0 Å². The smallest absolute Gasteiger partial charge is 0.0322 e. The standard InChI is InChI=1S/C18H31N/c1-7-19-17(12-15(3)13-18(4,5)6)16-10-8-14(2)9-11-16/h8-11,15,17,19H,7,12-13H2,1-6H3. The molecule has 1 nitrogen and oxygen atoms in total. The Balaban J connectivity index is 2.70. The zero-order chi connectivity index (χ0) is 14.5. The summed E-state index contributed by atoms with van der Waals surface area (Å²) in [7, 11) is 0. The Kier molecular flexibility index (Phi) is 6.06. The number of aryl methyl sites for hydroxylation is 1. The molecule has 0 saturated heterocycles. The number of hydrogen-bond acceptors (Lipinski definition) is 1. The van der Waals surface area contributed by atoms with E-state index < -0.39 is 0 Å². The Morgan fingerprint density at radius 3 is 2.16 bits per heavy atom. The summed E-state index contributed by atoms with van der Waals surface area (Å²) < 4.78 is 0. The van der Waals surface area contributed by atoms with E-state index in [0.717, 1.165) is 12.5 Å². The third kappa shape index (κ3) is 6.24. The lowest BCUT2D eigenvalue weighted by atomic mass is 9.82. The van der Waals surface area contributed by atoms with Crippen LogP contribution in [-0.4, -0.2) is 6.54 Å². The van der Waals surface area contributed by atoms with E-state index in [1.54, 1.807) is 0 Å². The molecule has 0 aliphatic rings. The van der Waals surface area contributed by atoms with Crippen molar-refractivity contribution in [2.45, 2.75) is 60.4 Å². The maximum atomic E-state index is 3.64. The highest BCUT2D eigenvalue weighted by Gasteiger charge is 2.19. The monoisotopic (exact) mass is 261 g/mol. The van der Waals surface area contributed by atoms with Crippen LogP contribution < -0.4 is 5.32 Å². The number of nitrogens with one attached hydrogen (secondary N) is 1. The van der Waals surface area contributed by atoms with Crippen LogP contribution in [-0.2, 0) is 0 Å². The molecule has 0 fully saturated rings. The third-order valence-electron chi connectivity index (χ3n) is 3.53. The highest BCUT2D eigenvalue weighted by Crippen LogP contribution is 2.30. The van der Waals surface area contributed by atoms with Crippen LogP contribution in [0, 0.1) is 18.3 Å². The fraction of sp³-hybridized carbons (Fsp3) is 0.667. The van der Waals surface area contributed by atoms with Gasteiger partial charge in [0, 0.05) is 6.04 Å². The minimum absolute atomic E-state index is 0.420. The summed E-state index contributed by atoms with van der Waals surface area (Å²) in [5, 5.41) is 3.64. The number of rotatable bonds is 6. The van der Waals surface area contributed by atoms with Gasteiger partial charge < -0.3 is 5.32 Å². The first-order chi connectivity index (χ1) is 8.81. The summed E-state index contributed by atoms with van der Waals surface area (Å²) in [5.74, 6) is 0.741. The molecule has 0 heterocycles. The molecule has 19 heavy (non-hydrogen) atoms. The molecular weight excluding hydrogens is 230 g/mol. The molecule has 2 atom stereocenters. The third-order valence-corrected chi connectivity index (χ3v) is 3.53. The van der Waals surface area contributed by atoms with Crippen molar-refractivity contribution < 1.29 is 0 Å². The largest absolute Gasteiger partial charge is 0.310 e. The van der Waals surface area contributed by atoms with Gasteiger partial charge in [-0.05, 0) is 43.2 Å². The van der Waals surface area contributed by atoms with Gasteiger partial charge in [0.1, 0.15) is 0 Å². The molecule has 0 radical (unpaired) electrons. The zero-order valence-electron chi connectivity index (χ0n) is 13.6. The predicted octanol–water partition coefficient (Wildman–Crippen LogP) is 5.11. The van der Waals surface area contributed by atoms with Gasteiger partial charge in [0.25, 0.3) is 0 Å². The molecule has 0 bridgehead atoms. The molecule has 0 aliphatic carbocycles. The molecule has 2 unspecified atom stereocenters. The highest BCUT2D eigenvalue weighted by atomic mass is 14.9. The molecule has 1 aromatic rings. The van der Waals surface area contributed by atoms with Crippen LogP contribution in [0.15, 0.2) is 24.3 Å². The summed E-state index contributed by atoms with van der Waals surface area (Å²) in [5.41, 5.74) is 3.18. The molecule has 0 amide bonds. The Labute approximate surface area is 119 Å². The molecule has 1 aromatic carbocycles. The Bertz CT molecular complexity index is 358. The summed E-state index contributed by atoms with van der Waals surface area (Å²) in [6.07, 6.45) is 2.49. The van der Waals surface area contributed by atoms with Crippen molar-refractivity contribution in [2.24, 2.45) is 11.3 Å². The number of benzene rings is 1. The lowest BCUT2D eigenvalue weighted by molar-refractivity contribution is 0.276. The van der Waals surface area contributed by atoms with Gasteiger partial charge in [0.2, 0.25) is 0 Å². The predicted molar refractivity (Wildman–Crippen MR) is 85.4 cm³/mol. The first-order valence-corrected chi connectivity index (χ1v) is 7.62. The van der Waals surface area contributed by atoms with Crippen molar-refractivity contribution in [3.05, 3.63) is 35.4 Å². The quantitative estimate of drug-likeness (QED) is 0.750. The average molecular weight is 261 g/mol. The minimum Gasteiger partial charge on any atom is -0.310 e. The van der Waals surface area contributed by atoms with E-state index in [0.29, 0.717) is 11.5 Å². The van der Waals surface area contributed by atoms with E-state index in [-0.39, 0.29) is 0 Å². The fourth-order valence-electron chi connectivity index (χ4n) is 2.91.